The summed E-state index contributed by atoms with van der Waals surface area (Å²) in [5, 5.41) is 26.9. The van der Waals surface area contributed by atoms with Gasteiger partial charge in [-0.05, 0) is 36.5 Å². The quantitative estimate of drug-likeness (QED) is 0.687. The number of nitrogens with one attached hydrogen (secondary N) is 1. The number of fused-ring (bicyclic) bond motifs is 1. The summed E-state index contributed by atoms with van der Waals surface area (Å²) in [6.45, 7) is 5.97. The minimum absolute atomic E-state index is 0.0857. The maximum absolute atomic E-state index is 13.0. The van der Waals surface area contributed by atoms with Crippen molar-refractivity contribution in [3.05, 3.63) is 46.3 Å². The van der Waals surface area contributed by atoms with Crippen molar-refractivity contribution in [3.8, 4) is 11.5 Å². The molecule has 0 saturated carbocycles. The third-order valence-electron chi connectivity index (χ3n) is 5.00. The van der Waals surface area contributed by atoms with Crippen molar-refractivity contribution < 1.29 is 19.5 Å². The summed E-state index contributed by atoms with van der Waals surface area (Å²) in [5.74, 6) is -0.142. The Morgan fingerprint density at radius 1 is 1.24 bits per heavy atom. The van der Waals surface area contributed by atoms with Crippen LogP contribution in [0.4, 0.5) is 5.88 Å². The maximum Gasteiger partial charge on any atom is 0.233 e. The second kappa shape index (κ2) is 5.12. The topological polar surface area (TPSA) is 95.6 Å². The van der Waals surface area contributed by atoms with Crippen molar-refractivity contribution in [2.24, 2.45) is 5.41 Å². The molecule has 1 aromatic heterocycles. The van der Waals surface area contributed by atoms with E-state index in [0.717, 1.165) is 23.2 Å². The number of hydrogen-bond donors (Lipinski definition) is 3. The van der Waals surface area contributed by atoms with Gasteiger partial charge in [-0.3, -0.25) is 4.79 Å². The number of ketones is 1. The molecule has 1 aliphatic heterocycles. The molecule has 3 N–H and O–H groups in total. The minimum Gasteiger partial charge on any atom is -0.504 e. The van der Waals surface area contributed by atoms with Gasteiger partial charge in [0.25, 0.3) is 0 Å². The van der Waals surface area contributed by atoms with Gasteiger partial charge in [-0.2, -0.15) is 0 Å². The Morgan fingerprint density at radius 3 is 2.72 bits per heavy atom. The lowest BCUT2D eigenvalue weighted by atomic mass is 9.69. The van der Waals surface area contributed by atoms with E-state index in [4.69, 9.17) is 4.52 Å². The summed E-state index contributed by atoms with van der Waals surface area (Å²) < 4.78 is 5.43. The molecule has 0 fully saturated rings. The Balaban J connectivity index is 1.94. The highest BCUT2D eigenvalue weighted by Crippen LogP contribution is 2.50. The highest BCUT2D eigenvalue weighted by Gasteiger charge is 2.43. The van der Waals surface area contributed by atoms with E-state index in [9.17, 15) is 15.0 Å². The van der Waals surface area contributed by atoms with Gasteiger partial charge in [-0.15, -0.1) is 0 Å². The number of benzene rings is 1. The molecule has 1 aliphatic carbocycles. The monoisotopic (exact) mass is 340 g/mol. The number of Topliss-reactive ketones (excluding diaryl/α,β-unsaturated/α-hetero) is 1. The normalized spacial score (nSPS) is 21.6. The van der Waals surface area contributed by atoms with Gasteiger partial charge in [0, 0.05) is 23.6 Å². The molecule has 1 atom stereocenters. The molecule has 0 bridgehead atoms. The lowest BCUT2D eigenvalue weighted by Crippen LogP contribution is -2.33. The summed E-state index contributed by atoms with van der Waals surface area (Å²) >= 11 is 0. The molecule has 0 spiro atoms. The van der Waals surface area contributed by atoms with E-state index < -0.39 is 0 Å². The summed E-state index contributed by atoms with van der Waals surface area (Å²) in [7, 11) is 0. The standard InChI is InChI=1S/C19H20N2O4/c1-9-15-16(10-4-5-12(22)13(23)6-10)17-11(20-18(15)25-21-9)7-19(2,3)8-14(17)24/h4-6,16,20,22-23H,7-8H2,1-3H3/t16-/m1/s1. The molecule has 130 valence electrons. The Hall–Kier alpha value is -2.76. The van der Waals surface area contributed by atoms with Gasteiger partial charge >= 0.3 is 0 Å². The lowest BCUT2D eigenvalue weighted by Gasteiger charge is -2.37. The van der Waals surface area contributed by atoms with Crippen LogP contribution in [0, 0.1) is 12.3 Å². The Bertz CT molecular complexity index is 924. The van der Waals surface area contributed by atoms with E-state index in [1.165, 1.54) is 12.1 Å². The summed E-state index contributed by atoms with van der Waals surface area (Å²) in [4.78, 5) is 13.0. The van der Waals surface area contributed by atoms with E-state index >= 15 is 0 Å². The molecular weight excluding hydrogens is 320 g/mol. The first-order valence-corrected chi connectivity index (χ1v) is 8.28. The number of aromatic nitrogens is 1. The zero-order valence-corrected chi connectivity index (χ0v) is 14.4. The number of anilines is 1. The number of aryl methyl sites for hydroxylation is 1. The molecule has 0 unspecified atom stereocenters. The number of rotatable bonds is 1. The zero-order valence-electron chi connectivity index (χ0n) is 14.4. The molecular formula is C19H20N2O4. The Morgan fingerprint density at radius 2 is 2.00 bits per heavy atom. The van der Waals surface area contributed by atoms with Crippen LogP contribution in [-0.4, -0.2) is 21.2 Å². The van der Waals surface area contributed by atoms with Crippen molar-refractivity contribution in [2.45, 2.75) is 39.5 Å². The summed E-state index contributed by atoms with van der Waals surface area (Å²) in [6.07, 6.45) is 1.20. The Kier molecular flexibility index (Phi) is 3.22. The molecule has 6 heteroatoms. The first-order valence-electron chi connectivity index (χ1n) is 8.28. The average Bonchev–Trinajstić information content (AvgIpc) is 2.88. The maximum atomic E-state index is 13.0. The van der Waals surface area contributed by atoms with Gasteiger partial charge in [0.05, 0.1) is 11.3 Å². The van der Waals surface area contributed by atoms with Crippen LogP contribution in [0.5, 0.6) is 11.5 Å². The molecule has 0 saturated heterocycles. The lowest BCUT2D eigenvalue weighted by molar-refractivity contribution is -0.118. The van der Waals surface area contributed by atoms with Crippen molar-refractivity contribution in [1.82, 2.24) is 5.16 Å². The van der Waals surface area contributed by atoms with Gasteiger partial charge in [0.1, 0.15) is 0 Å². The number of allylic oxidation sites excluding steroid dienone is 2. The molecule has 4 rings (SSSR count). The fourth-order valence-electron chi connectivity index (χ4n) is 3.92. The van der Waals surface area contributed by atoms with Crippen LogP contribution in [0.2, 0.25) is 0 Å². The van der Waals surface area contributed by atoms with Gasteiger partial charge < -0.3 is 20.1 Å². The van der Waals surface area contributed by atoms with Gasteiger partial charge in [-0.25, -0.2) is 0 Å². The molecule has 0 amide bonds. The third-order valence-corrected chi connectivity index (χ3v) is 5.00. The van der Waals surface area contributed by atoms with E-state index in [1.807, 2.05) is 6.92 Å². The minimum atomic E-state index is -0.368. The van der Waals surface area contributed by atoms with Crippen LogP contribution >= 0.6 is 0 Å². The molecule has 2 aromatic rings. The van der Waals surface area contributed by atoms with Crippen molar-refractivity contribution >= 4 is 11.7 Å². The fourth-order valence-corrected chi connectivity index (χ4v) is 3.92. The predicted molar refractivity (Wildman–Crippen MR) is 91.5 cm³/mol. The second-order valence-corrected chi connectivity index (χ2v) is 7.65. The van der Waals surface area contributed by atoms with Crippen LogP contribution in [0.1, 0.15) is 49.4 Å². The van der Waals surface area contributed by atoms with E-state index in [0.29, 0.717) is 23.6 Å². The first-order chi connectivity index (χ1) is 11.8. The Labute approximate surface area is 145 Å². The molecule has 6 nitrogen and oxygen atoms in total. The van der Waals surface area contributed by atoms with Crippen molar-refractivity contribution in [3.63, 3.8) is 0 Å². The number of carbonyl (C=O) groups excluding carboxylic acids is 1. The fraction of sp³-hybridized carbons (Fsp3) is 0.368. The van der Waals surface area contributed by atoms with Crippen LogP contribution < -0.4 is 5.32 Å². The van der Waals surface area contributed by atoms with Crippen LogP contribution in [0.15, 0.2) is 34.0 Å². The van der Waals surface area contributed by atoms with Gasteiger partial charge in [0.2, 0.25) is 5.88 Å². The first kappa shape index (κ1) is 15.7. The van der Waals surface area contributed by atoms with Gasteiger partial charge in [0.15, 0.2) is 17.3 Å². The van der Waals surface area contributed by atoms with E-state index in [-0.39, 0.29) is 28.6 Å². The molecule has 25 heavy (non-hydrogen) atoms. The highest BCUT2D eigenvalue weighted by molar-refractivity contribution is 6.01. The summed E-state index contributed by atoms with van der Waals surface area (Å²) in [6, 6.07) is 4.66. The van der Waals surface area contributed by atoms with E-state index in [2.05, 4.69) is 24.3 Å². The van der Waals surface area contributed by atoms with Crippen molar-refractivity contribution in [1.29, 1.82) is 0 Å². The number of hydrogen-bond acceptors (Lipinski definition) is 6. The molecule has 2 heterocycles. The molecule has 0 radical (unpaired) electrons. The SMILES string of the molecule is Cc1noc2c1[C@@H](c1ccc(O)c(O)c1)C1=C(CC(C)(C)CC1=O)N2. The average molecular weight is 340 g/mol. The number of phenolic OH excluding ortho intramolecular Hbond substituents is 2. The van der Waals surface area contributed by atoms with Crippen LogP contribution in [-0.2, 0) is 4.79 Å². The number of phenols is 2. The number of aromatic hydroxyl groups is 2. The second-order valence-electron chi connectivity index (χ2n) is 7.65. The predicted octanol–water partition coefficient (Wildman–Crippen LogP) is 3.59. The number of nitrogens with zero attached hydrogens (tertiary/aromatic N) is 1. The third kappa shape index (κ3) is 2.40. The smallest absolute Gasteiger partial charge is 0.233 e. The zero-order chi connectivity index (χ0) is 17.9. The van der Waals surface area contributed by atoms with Crippen LogP contribution in [0.3, 0.4) is 0 Å². The summed E-state index contributed by atoms with van der Waals surface area (Å²) in [5.41, 5.74) is 3.65. The van der Waals surface area contributed by atoms with E-state index in [1.54, 1.807) is 6.07 Å². The molecule has 1 aromatic carbocycles. The highest BCUT2D eigenvalue weighted by atomic mass is 16.5. The van der Waals surface area contributed by atoms with Crippen LogP contribution in [0.25, 0.3) is 0 Å². The van der Waals surface area contributed by atoms with Gasteiger partial charge in [-0.1, -0.05) is 25.1 Å². The van der Waals surface area contributed by atoms with Crippen molar-refractivity contribution in [2.75, 3.05) is 5.32 Å². The largest absolute Gasteiger partial charge is 0.504 e. The number of carbonyl (C=O) groups is 1. The molecule has 2 aliphatic rings.